The van der Waals surface area contributed by atoms with Gasteiger partial charge in [0.2, 0.25) is 5.88 Å². The molecular formula is C17H19F3N2O2. The van der Waals surface area contributed by atoms with Crippen LogP contribution in [0.15, 0.2) is 42.5 Å². The fraction of sp³-hybridized carbons (Fsp3) is 0.353. The Morgan fingerprint density at radius 1 is 1.00 bits per heavy atom. The van der Waals surface area contributed by atoms with Gasteiger partial charge in [0.25, 0.3) is 0 Å². The third-order valence-corrected chi connectivity index (χ3v) is 3.31. The zero-order valence-corrected chi connectivity index (χ0v) is 13.3. The van der Waals surface area contributed by atoms with E-state index in [4.69, 9.17) is 4.74 Å². The molecule has 0 saturated heterocycles. The van der Waals surface area contributed by atoms with Crippen LogP contribution in [0.3, 0.4) is 0 Å². The van der Waals surface area contributed by atoms with Crippen molar-refractivity contribution in [2.24, 2.45) is 0 Å². The Labute approximate surface area is 138 Å². The van der Waals surface area contributed by atoms with E-state index in [0.717, 1.165) is 18.7 Å². The van der Waals surface area contributed by atoms with Crippen molar-refractivity contribution in [3.05, 3.63) is 53.7 Å². The number of nitrogens with one attached hydrogen (secondary N) is 1. The highest BCUT2D eigenvalue weighted by atomic mass is 19.4. The number of aromatic nitrogens is 1. The largest absolute Gasteiger partial charge is 0.574 e. The molecule has 7 heteroatoms. The van der Waals surface area contributed by atoms with Gasteiger partial charge in [0.05, 0.1) is 7.11 Å². The van der Waals surface area contributed by atoms with Crippen molar-refractivity contribution in [1.29, 1.82) is 0 Å². The summed E-state index contributed by atoms with van der Waals surface area (Å²) < 4.78 is 45.4. The molecule has 4 nitrogen and oxygen atoms in total. The van der Waals surface area contributed by atoms with Gasteiger partial charge in [0.1, 0.15) is 5.75 Å². The van der Waals surface area contributed by atoms with E-state index in [0.29, 0.717) is 18.7 Å². The summed E-state index contributed by atoms with van der Waals surface area (Å²) in [6, 6.07) is 12.2. The molecule has 0 aliphatic carbocycles. The van der Waals surface area contributed by atoms with E-state index in [9.17, 15) is 13.2 Å². The number of benzene rings is 1. The number of methoxy groups -OCH3 is 1. The summed E-state index contributed by atoms with van der Waals surface area (Å²) in [6.45, 7) is 1.39. The van der Waals surface area contributed by atoms with Crippen molar-refractivity contribution in [2.45, 2.75) is 19.2 Å². The van der Waals surface area contributed by atoms with E-state index in [1.54, 1.807) is 13.2 Å². The molecule has 0 atom stereocenters. The minimum absolute atomic E-state index is 0.432. The molecule has 1 N–H and O–H groups in total. The van der Waals surface area contributed by atoms with Gasteiger partial charge in [0.15, 0.2) is 0 Å². The highest BCUT2D eigenvalue weighted by molar-refractivity contribution is 5.27. The molecule has 130 valence electrons. The summed E-state index contributed by atoms with van der Waals surface area (Å²) in [7, 11) is 1.62. The average molecular weight is 340 g/mol. The molecule has 0 spiro atoms. The number of ether oxygens (including phenoxy) is 2. The normalized spacial score (nSPS) is 11.3. The van der Waals surface area contributed by atoms with Crippen molar-refractivity contribution in [2.75, 3.05) is 20.2 Å². The molecule has 0 aliphatic rings. The third-order valence-electron chi connectivity index (χ3n) is 3.31. The average Bonchev–Trinajstić information content (AvgIpc) is 2.54. The van der Waals surface area contributed by atoms with Gasteiger partial charge in [-0.25, -0.2) is 4.98 Å². The van der Waals surface area contributed by atoms with E-state index in [1.807, 2.05) is 24.3 Å². The lowest BCUT2D eigenvalue weighted by atomic mass is 10.1. The first-order valence-electron chi connectivity index (χ1n) is 7.51. The van der Waals surface area contributed by atoms with Gasteiger partial charge in [0, 0.05) is 24.7 Å². The molecule has 0 amide bonds. The van der Waals surface area contributed by atoms with Gasteiger partial charge >= 0.3 is 6.36 Å². The molecule has 2 aromatic rings. The summed E-state index contributed by atoms with van der Waals surface area (Å²) in [5, 5.41) is 3.24. The number of hydrogen-bond acceptors (Lipinski definition) is 4. The lowest BCUT2D eigenvalue weighted by Crippen LogP contribution is -2.21. The lowest BCUT2D eigenvalue weighted by molar-refractivity contribution is -0.276. The Hall–Kier alpha value is -2.28. The van der Waals surface area contributed by atoms with E-state index in [2.05, 4.69) is 15.0 Å². The summed E-state index contributed by atoms with van der Waals surface area (Å²) >= 11 is 0. The molecule has 0 fully saturated rings. The monoisotopic (exact) mass is 340 g/mol. The molecule has 2 rings (SSSR count). The molecule has 1 heterocycles. The van der Waals surface area contributed by atoms with Crippen LogP contribution in [0.4, 0.5) is 13.2 Å². The lowest BCUT2D eigenvalue weighted by Gasteiger charge is -2.09. The van der Waals surface area contributed by atoms with Crippen LogP contribution in [0.2, 0.25) is 0 Å². The number of rotatable bonds is 8. The maximum atomic E-state index is 12.2. The van der Waals surface area contributed by atoms with Crippen LogP contribution >= 0.6 is 0 Å². The first-order chi connectivity index (χ1) is 11.5. The van der Waals surface area contributed by atoms with Gasteiger partial charge in [-0.3, -0.25) is 0 Å². The second-order valence-corrected chi connectivity index (χ2v) is 5.11. The second-order valence-electron chi connectivity index (χ2n) is 5.11. The molecule has 0 aliphatic heterocycles. The van der Waals surface area contributed by atoms with Crippen LogP contribution in [0.1, 0.15) is 11.3 Å². The van der Waals surface area contributed by atoms with E-state index >= 15 is 0 Å². The fourth-order valence-corrected chi connectivity index (χ4v) is 2.14. The van der Waals surface area contributed by atoms with Gasteiger partial charge in [-0.1, -0.05) is 18.2 Å². The van der Waals surface area contributed by atoms with Gasteiger partial charge < -0.3 is 14.8 Å². The Bertz CT molecular complexity index is 630. The van der Waals surface area contributed by atoms with E-state index < -0.39 is 12.2 Å². The molecule has 0 saturated carbocycles. The molecule has 1 aromatic heterocycles. The summed E-state index contributed by atoms with van der Waals surface area (Å²) in [4.78, 5) is 3.84. The predicted molar refractivity (Wildman–Crippen MR) is 84.2 cm³/mol. The predicted octanol–water partition coefficient (Wildman–Crippen LogP) is 3.36. The first kappa shape index (κ1) is 18.1. The summed E-state index contributed by atoms with van der Waals surface area (Å²) in [6.07, 6.45) is -3.34. The number of halogens is 3. The molecular weight excluding hydrogens is 321 g/mol. The van der Waals surface area contributed by atoms with Crippen LogP contribution in [0.25, 0.3) is 0 Å². The quantitative estimate of drug-likeness (QED) is 0.749. The Balaban J connectivity index is 1.71. The van der Waals surface area contributed by atoms with Crippen LogP contribution in [-0.4, -0.2) is 31.5 Å². The van der Waals surface area contributed by atoms with Gasteiger partial charge in [-0.05, 0) is 36.7 Å². The Morgan fingerprint density at radius 3 is 2.38 bits per heavy atom. The molecule has 0 unspecified atom stereocenters. The van der Waals surface area contributed by atoms with Crippen molar-refractivity contribution < 1.29 is 22.6 Å². The van der Waals surface area contributed by atoms with Crippen molar-refractivity contribution >= 4 is 0 Å². The smallest absolute Gasteiger partial charge is 0.497 e. The molecule has 0 bridgehead atoms. The van der Waals surface area contributed by atoms with Crippen molar-refractivity contribution in [3.8, 4) is 11.6 Å². The number of pyridine rings is 1. The van der Waals surface area contributed by atoms with Crippen LogP contribution in [-0.2, 0) is 12.8 Å². The Kier molecular flexibility index (Phi) is 6.43. The SMILES string of the molecule is COc1ccc(CCNCCc2cccc(OC(F)(F)F)n2)cc1. The second kappa shape index (κ2) is 8.54. The maximum Gasteiger partial charge on any atom is 0.574 e. The highest BCUT2D eigenvalue weighted by Gasteiger charge is 2.31. The van der Waals surface area contributed by atoms with Crippen LogP contribution in [0.5, 0.6) is 11.6 Å². The zero-order chi connectivity index (χ0) is 17.4. The third kappa shape index (κ3) is 6.45. The fourth-order valence-electron chi connectivity index (χ4n) is 2.14. The minimum atomic E-state index is -4.72. The summed E-state index contributed by atoms with van der Waals surface area (Å²) in [5.41, 5.74) is 1.73. The molecule has 0 radical (unpaired) electrons. The minimum Gasteiger partial charge on any atom is -0.497 e. The van der Waals surface area contributed by atoms with Gasteiger partial charge in [-0.15, -0.1) is 13.2 Å². The Morgan fingerprint density at radius 2 is 1.71 bits per heavy atom. The maximum absolute atomic E-state index is 12.2. The van der Waals surface area contributed by atoms with Crippen molar-refractivity contribution in [1.82, 2.24) is 10.3 Å². The first-order valence-corrected chi connectivity index (χ1v) is 7.51. The van der Waals surface area contributed by atoms with Crippen LogP contribution in [0, 0.1) is 0 Å². The number of nitrogens with zero attached hydrogens (tertiary/aromatic N) is 1. The van der Waals surface area contributed by atoms with E-state index in [-0.39, 0.29) is 0 Å². The number of alkyl halides is 3. The number of hydrogen-bond donors (Lipinski definition) is 1. The zero-order valence-electron chi connectivity index (χ0n) is 13.3. The van der Waals surface area contributed by atoms with Gasteiger partial charge in [-0.2, -0.15) is 0 Å². The van der Waals surface area contributed by atoms with Crippen LogP contribution < -0.4 is 14.8 Å². The molecule has 24 heavy (non-hydrogen) atoms. The van der Waals surface area contributed by atoms with Crippen molar-refractivity contribution in [3.63, 3.8) is 0 Å². The summed E-state index contributed by atoms with van der Waals surface area (Å²) in [5.74, 6) is 0.386. The highest BCUT2D eigenvalue weighted by Crippen LogP contribution is 2.20. The van der Waals surface area contributed by atoms with E-state index in [1.165, 1.54) is 17.7 Å². The topological polar surface area (TPSA) is 43.4 Å². The molecule has 1 aromatic carbocycles. The standard InChI is InChI=1S/C17H19F3N2O2/c1-23-15-7-5-13(6-8-15)9-11-21-12-10-14-3-2-4-16(22-14)24-17(18,19)20/h2-8,21H,9-12H2,1H3.